The van der Waals surface area contributed by atoms with Gasteiger partial charge in [-0.05, 0) is 38.0 Å². The van der Waals surface area contributed by atoms with E-state index in [4.69, 9.17) is 9.47 Å². The van der Waals surface area contributed by atoms with Gasteiger partial charge in [-0.1, -0.05) is 12.8 Å². The summed E-state index contributed by atoms with van der Waals surface area (Å²) in [6, 6.07) is 4.10. The van der Waals surface area contributed by atoms with Crippen LogP contribution < -0.4 is 15.0 Å². The van der Waals surface area contributed by atoms with Gasteiger partial charge in [0.1, 0.15) is 23.5 Å². The SMILES string of the molecule is CCOC(=O)c1ncn2c1C(F)(F)CN(C1CCCC1)c1nc(Nc3ccc(C(=O)O)cc3OC)ncc1-2. The second-order valence-corrected chi connectivity index (χ2v) is 9.05. The summed E-state index contributed by atoms with van der Waals surface area (Å²) in [5, 5.41) is 12.3. The monoisotopic (exact) mass is 528 g/mol. The van der Waals surface area contributed by atoms with Gasteiger partial charge in [-0.25, -0.2) is 19.6 Å². The summed E-state index contributed by atoms with van der Waals surface area (Å²) >= 11 is 0. The molecule has 13 heteroatoms. The molecule has 1 aliphatic carbocycles. The van der Waals surface area contributed by atoms with Crippen molar-refractivity contribution in [1.82, 2.24) is 19.5 Å². The third-order valence-electron chi connectivity index (χ3n) is 6.69. The van der Waals surface area contributed by atoms with Gasteiger partial charge < -0.3 is 24.8 Å². The van der Waals surface area contributed by atoms with Gasteiger partial charge >= 0.3 is 17.9 Å². The Morgan fingerprint density at radius 3 is 2.68 bits per heavy atom. The maximum Gasteiger partial charge on any atom is 0.359 e. The van der Waals surface area contributed by atoms with Crippen molar-refractivity contribution in [1.29, 1.82) is 0 Å². The predicted molar refractivity (Wildman–Crippen MR) is 132 cm³/mol. The molecule has 2 N–H and O–H groups in total. The number of hydrogen-bond donors (Lipinski definition) is 2. The Labute approximate surface area is 216 Å². The Morgan fingerprint density at radius 1 is 1.24 bits per heavy atom. The summed E-state index contributed by atoms with van der Waals surface area (Å²) in [5.74, 6) is -4.85. The van der Waals surface area contributed by atoms with Crippen molar-refractivity contribution in [2.45, 2.75) is 44.6 Å². The first-order valence-electron chi connectivity index (χ1n) is 12.2. The van der Waals surface area contributed by atoms with Crippen LogP contribution >= 0.6 is 0 Å². The molecule has 2 aliphatic rings. The lowest BCUT2D eigenvalue weighted by atomic mass is 10.1. The van der Waals surface area contributed by atoms with Crippen LogP contribution in [0.4, 0.5) is 26.2 Å². The van der Waals surface area contributed by atoms with Gasteiger partial charge in [-0.2, -0.15) is 13.8 Å². The minimum absolute atomic E-state index is 0.0243. The third kappa shape index (κ3) is 4.48. The summed E-state index contributed by atoms with van der Waals surface area (Å²) in [7, 11) is 1.40. The van der Waals surface area contributed by atoms with Crippen molar-refractivity contribution in [2.75, 3.05) is 30.5 Å². The van der Waals surface area contributed by atoms with E-state index >= 15 is 8.78 Å². The van der Waals surface area contributed by atoms with E-state index in [-0.39, 0.29) is 41.4 Å². The molecule has 1 saturated carbocycles. The molecule has 5 rings (SSSR count). The second-order valence-electron chi connectivity index (χ2n) is 9.05. The average Bonchev–Trinajstić information content (AvgIpc) is 3.57. The Bertz CT molecular complexity index is 1390. The number of aromatic nitrogens is 4. The molecule has 0 atom stereocenters. The topological polar surface area (TPSA) is 132 Å². The fourth-order valence-electron chi connectivity index (χ4n) is 4.97. The molecule has 0 unspecified atom stereocenters. The van der Waals surface area contributed by atoms with Crippen molar-refractivity contribution in [2.24, 2.45) is 0 Å². The first-order chi connectivity index (χ1) is 18.2. The Kier molecular flexibility index (Phi) is 6.59. The van der Waals surface area contributed by atoms with E-state index in [0.717, 1.165) is 36.6 Å². The lowest BCUT2D eigenvalue weighted by molar-refractivity contribution is -0.00476. The number of ether oxygens (including phenoxy) is 2. The molecule has 0 saturated heterocycles. The summed E-state index contributed by atoms with van der Waals surface area (Å²) in [5.41, 5.74) is -0.313. The Hall–Kier alpha value is -4.29. The first kappa shape index (κ1) is 25.4. The van der Waals surface area contributed by atoms with E-state index in [0.29, 0.717) is 5.69 Å². The number of carboxylic acids is 1. The van der Waals surface area contributed by atoms with E-state index in [1.54, 1.807) is 11.8 Å². The lowest BCUT2D eigenvalue weighted by Crippen LogP contribution is -2.41. The van der Waals surface area contributed by atoms with Crippen LogP contribution in [0, 0.1) is 0 Å². The predicted octanol–water partition coefficient (Wildman–Crippen LogP) is 4.14. The smallest absolute Gasteiger partial charge is 0.359 e. The molecule has 11 nitrogen and oxygen atoms in total. The Balaban J connectivity index is 1.61. The van der Waals surface area contributed by atoms with Crippen LogP contribution in [-0.2, 0) is 10.7 Å². The third-order valence-corrected chi connectivity index (χ3v) is 6.69. The number of halogens is 2. The van der Waals surface area contributed by atoms with Crippen LogP contribution in [0.2, 0.25) is 0 Å². The number of methoxy groups -OCH3 is 1. The molecule has 200 valence electrons. The van der Waals surface area contributed by atoms with E-state index in [2.05, 4.69) is 20.3 Å². The summed E-state index contributed by atoms with van der Waals surface area (Å²) < 4.78 is 43.1. The number of imidazole rings is 1. The minimum atomic E-state index is -3.44. The zero-order valence-electron chi connectivity index (χ0n) is 20.8. The van der Waals surface area contributed by atoms with Crippen molar-refractivity contribution < 1.29 is 33.0 Å². The van der Waals surface area contributed by atoms with Crippen LogP contribution in [0.1, 0.15) is 59.1 Å². The summed E-state index contributed by atoms with van der Waals surface area (Å²) in [6.45, 7) is 0.918. The van der Waals surface area contributed by atoms with Crippen LogP contribution in [0.5, 0.6) is 5.75 Å². The second kappa shape index (κ2) is 9.88. The van der Waals surface area contributed by atoms with Crippen molar-refractivity contribution >= 4 is 29.4 Å². The number of hydrogen-bond acceptors (Lipinski definition) is 9. The summed E-state index contributed by atoms with van der Waals surface area (Å²) in [4.78, 5) is 38.3. The van der Waals surface area contributed by atoms with Gasteiger partial charge in [-0.15, -0.1) is 0 Å². The molecule has 38 heavy (non-hydrogen) atoms. The zero-order chi connectivity index (χ0) is 27.0. The summed E-state index contributed by atoms with van der Waals surface area (Å²) in [6.07, 6.45) is 5.83. The number of rotatable bonds is 7. The number of fused-ring (bicyclic) bond motifs is 3. The highest BCUT2D eigenvalue weighted by atomic mass is 19.3. The van der Waals surface area contributed by atoms with Crippen molar-refractivity contribution in [3.05, 3.63) is 47.7 Å². The lowest BCUT2D eigenvalue weighted by Gasteiger charge is -2.32. The number of aromatic carboxylic acids is 1. The first-order valence-corrected chi connectivity index (χ1v) is 12.2. The van der Waals surface area contributed by atoms with Gasteiger partial charge in [0.15, 0.2) is 11.5 Å². The van der Waals surface area contributed by atoms with Crippen molar-refractivity contribution in [3.63, 3.8) is 0 Å². The molecule has 1 aromatic carbocycles. The Morgan fingerprint density at radius 2 is 2.00 bits per heavy atom. The molecule has 0 amide bonds. The number of nitrogens with zero attached hydrogens (tertiary/aromatic N) is 5. The fourth-order valence-corrected chi connectivity index (χ4v) is 4.97. The minimum Gasteiger partial charge on any atom is -0.495 e. The number of esters is 1. The van der Waals surface area contributed by atoms with Gasteiger partial charge in [0, 0.05) is 6.04 Å². The maximum absolute atomic E-state index is 15.8. The van der Waals surface area contributed by atoms with E-state index < -0.39 is 35.8 Å². The van der Waals surface area contributed by atoms with Crippen LogP contribution in [0.3, 0.4) is 0 Å². The standard InChI is InChI=1S/C25H26F2N6O5/c1-3-38-23(36)19-20-25(26,27)12-32(15-6-4-5-7-15)21-17(33(20)13-29-19)11-28-24(31-21)30-16-9-8-14(22(34)35)10-18(16)37-2/h8-11,13,15H,3-7,12H2,1-2H3,(H,34,35)(H,28,30,31). The number of carboxylic acid groups (broad SMARTS) is 1. The molecule has 2 aromatic heterocycles. The van der Waals surface area contributed by atoms with Gasteiger partial charge in [0.05, 0.1) is 37.7 Å². The average molecular weight is 529 g/mol. The molecule has 1 fully saturated rings. The number of benzene rings is 1. The molecular weight excluding hydrogens is 502 g/mol. The van der Waals surface area contributed by atoms with Crippen molar-refractivity contribution in [3.8, 4) is 11.4 Å². The zero-order valence-corrected chi connectivity index (χ0v) is 20.8. The highest BCUT2D eigenvalue weighted by molar-refractivity contribution is 5.90. The normalized spacial score (nSPS) is 16.4. The molecule has 3 aromatic rings. The quantitative estimate of drug-likeness (QED) is 0.431. The highest BCUT2D eigenvalue weighted by Gasteiger charge is 2.47. The molecule has 3 heterocycles. The van der Waals surface area contributed by atoms with Gasteiger partial charge in [-0.3, -0.25) is 4.57 Å². The maximum atomic E-state index is 15.8. The number of alkyl halides is 2. The van der Waals surface area contributed by atoms with Gasteiger partial charge in [0.2, 0.25) is 5.95 Å². The van der Waals surface area contributed by atoms with E-state index in [9.17, 15) is 14.7 Å². The van der Waals surface area contributed by atoms with Crippen LogP contribution in [0.25, 0.3) is 5.69 Å². The number of carbonyl (C=O) groups is 2. The molecule has 0 radical (unpaired) electrons. The van der Waals surface area contributed by atoms with E-state index in [1.807, 2.05) is 0 Å². The molecule has 1 aliphatic heterocycles. The van der Waals surface area contributed by atoms with Crippen LogP contribution in [0.15, 0.2) is 30.7 Å². The van der Waals surface area contributed by atoms with Gasteiger partial charge in [0.25, 0.3) is 0 Å². The molecule has 0 bridgehead atoms. The van der Waals surface area contributed by atoms with Crippen LogP contribution in [-0.4, -0.2) is 62.9 Å². The molecule has 0 spiro atoms. The fraction of sp³-hybridized carbons (Fsp3) is 0.400. The number of anilines is 3. The number of carbonyl (C=O) groups excluding carboxylic acids is 1. The largest absolute Gasteiger partial charge is 0.495 e. The number of nitrogens with one attached hydrogen (secondary N) is 1. The highest BCUT2D eigenvalue weighted by Crippen LogP contribution is 2.43. The molecular formula is C25H26F2N6O5. The van der Waals surface area contributed by atoms with E-state index in [1.165, 1.54) is 31.5 Å².